The van der Waals surface area contributed by atoms with E-state index in [1.165, 1.54) is 0 Å². The van der Waals surface area contributed by atoms with E-state index in [-0.39, 0.29) is 18.2 Å². The maximum Gasteiger partial charge on any atom is 0.419 e. The van der Waals surface area contributed by atoms with Crippen molar-refractivity contribution in [1.82, 2.24) is 9.47 Å². The first-order valence-electron chi connectivity index (χ1n) is 11.2. The van der Waals surface area contributed by atoms with Gasteiger partial charge in [0, 0.05) is 37.4 Å². The van der Waals surface area contributed by atoms with E-state index in [9.17, 15) is 14.4 Å². The predicted octanol–water partition coefficient (Wildman–Crippen LogP) is 3.27. The van der Waals surface area contributed by atoms with Crippen molar-refractivity contribution >= 4 is 34.3 Å². The minimum atomic E-state index is -0.448. The van der Waals surface area contributed by atoms with Crippen molar-refractivity contribution in [2.45, 2.75) is 32.7 Å². The summed E-state index contributed by atoms with van der Waals surface area (Å²) in [5.41, 5.74) is 3.66. The molecule has 2 aromatic carbocycles. The normalized spacial score (nSPS) is 16.4. The van der Waals surface area contributed by atoms with Crippen LogP contribution in [0.25, 0.3) is 11.1 Å². The number of benzene rings is 2. The van der Waals surface area contributed by atoms with E-state index in [0.717, 1.165) is 11.3 Å². The van der Waals surface area contributed by atoms with E-state index in [1.807, 2.05) is 43.3 Å². The number of carbonyl (C=O) groups excluding carboxylic acids is 2. The van der Waals surface area contributed by atoms with Gasteiger partial charge in [-0.05, 0) is 55.9 Å². The average Bonchev–Trinajstić information content (AvgIpc) is 3.31. The number of nitrogens with one attached hydrogen (secondary N) is 1. The number of fused-ring (bicyclic) bond motifs is 1. The summed E-state index contributed by atoms with van der Waals surface area (Å²) in [6.45, 7) is 5.73. The molecule has 1 aliphatic rings. The van der Waals surface area contributed by atoms with E-state index >= 15 is 0 Å². The second-order valence-electron chi connectivity index (χ2n) is 9.15. The molecule has 1 aliphatic heterocycles. The van der Waals surface area contributed by atoms with Crippen molar-refractivity contribution in [1.29, 1.82) is 0 Å². The highest BCUT2D eigenvalue weighted by atomic mass is 16.4. The first-order chi connectivity index (χ1) is 15.7. The second kappa shape index (κ2) is 9.23. The lowest BCUT2D eigenvalue weighted by atomic mass is 10.0. The number of carbonyl (C=O) groups is 2. The third-order valence-electron chi connectivity index (χ3n) is 6.05. The Morgan fingerprint density at radius 2 is 1.97 bits per heavy atom. The Balaban J connectivity index is 1.49. The molecule has 1 saturated heterocycles. The van der Waals surface area contributed by atoms with Crippen molar-refractivity contribution in [2.75, 3.05) is 37.4 Å². The van der Waals surface area contributed by atoms with Crippen LogP contribution in [0.4, 0.5) is 11.4 Å². The van der Waals surface area contributed by atoms with Crippen molar-refractivity contribution in [2.24, 2.45) is 5.92 Å². The van der Waals surface area contributed by atoms with Crippen LogP contribution in [0.15, 0.2) is 51.7 Å². The van der Waals surface area contributed by atoms with Crippen LogP contribution < -0.4 is 16.0 Å². The molecule has 4 rings (SSSR count). The predicted molar refractivity (Wildman–Crippen MR) is 129 cm³/mol. The van der Waals surface area contributed by atoms with Crippen LogP contribution in [0.3, 0.4) is 0 Å². The maximum absolute atomic E-state index is 13.0. The van der Waals surface area contributed by atoms with E-state index in [1.54, 1.807) is 27.7 Å². The number of hydrogen-bond acceptors (Lipinski definition) is 5. The Bertz CT molecular complexity index is 1240. The largest absolute Gasteiger partial charge is 0.419 e. The highest BCUT2D eigenvalue weighted by molar-refractivity contribution is 6.04. The van der Waals surface area contributed by atoms with Gasteiger partial charge in [0.25, 0.3) is 0 Å². The molecule has 1 atom stereocenters. The Morgan fingerprint density at radius 3 is 2.70 bits per heavy atom. The van der Waals surface area contributed by atoms with Crippen LogP contribution in [-0.4, -0.2) is 48.5 Å². The zero-order chi connectivity index (χ0) is 23.7. The molecule has 0 aliphatic carbocycles. The lowest BCUT2D eigenvalue weighted by molar-refractivity contribution is -0.122. The van der Waals surface area contributed by atoms with Gasteiger partial charge in [-0.3, -0.25) is 14.2 Å². The lowest BCUT2D eigenvalue weighted by Gasteiger charge is -2.18. The minimum Gasteiger partial charge on any atom is -0.408 e. The number of rotatable bonds is 7. The molecule has 0 bridgehead atoms. The molecule has 1 unspecified atom stereocenters. The summed E-state index contributed by atoms with van der Waals surface area (Å²) < 4.78 is 6.88. The first-order valence-corrected chi connectivity index (χ1v) is 11.2. The molecule has 2 heterocycles. The van der Waals surface area contributed by atoms with Gasteiger partial charge in [-0.15, -0.1) is 0 Å². The molecule has 8 heteroatoms. The van der Waals surface area contributed by atoms with Gasteiger partial charge >= 0.3 is 5.76 Å². The molecule has 8 nitrogen and oxygen atoms in total. The topological polar surface area (TPSA) is 87.8 Å². The number of hydrogen-bond donors (Lipinski definition) is 1. The van der Waals surface area contributed by atoms with E-state index in [0.29, 0.717) is 42.3 Å². The van der Waals surface area contributed by atoms with Crippen LogP contribution in [0.2, 0.25) is 0 Å². The third-order valence-corrected chi connectivity index (χ3v) is 6.05. The number of oxazole rings is 1. The minimum absolute atomic E-state index is 0.0566. The van der Waals surface area contributed by atoms with Crippen molar-refractivity contribution in [3.63, 3.8) is 0 Å². The summed E-state index contributed by atoms with van der Waals surface area (Å²) >= 11 is 0. The van der Waals surface area contributed by atoms with Gasteiger partial charge in [-0.1, -0.05) is 26.0 Å². The molecule has 0 radical (unpaired) electrons. The van der Waals surface area contributed by atoms with Crippen molar-refractivity contribution in [3.8, 4) is 0 Å². The van der Waals surface area contributed by atoms with Crippen LogP contribution >= 0.6 is 0 Å². The van der Waals surface area contributed by atoms with Gasteiger partial charge in [0.05, 0.1) is 11.4 Å². The van der Waals surface area contributed by atoms with Gasteiger partial charge in [0.2, 0.25) is 11.8 Å². The Hall–Kier alpha value is -3.39. The number of nitrogens with zero attached hydrogens (tertiary/aromatic N) is 3. The summed E-state index contributed by atoms with van der Waals surface area (Å²) in [7, 11) is 3.87. The molecule has 1 fully saturated rings. The molecule has 0 spiro atoms. The smallest absolute Gasteiger partial charge is 0.408 e. The molecule has 3 aromatic rings. The highest BCUT2D eigenvalue weighted by Crippen LogP contribution is 2.29. The van der Waals surface area contributed by atoms with Gasteiger partial charge in [-0.2, -0.15) is 0 Å². The molecular formula is C25H30N4O4. The van der Waals surface area contributed by atoms with Crippen LogP contribution in [-0.2, 0) is 16.1 Å². The van der Waals surface area contributed by atoms with Crippen LogP contribution in [0, 0.1) is 5.92 Å². The van der Waals surface area contributed by atoms with E-state index in [2.05, 4.69) is 19.2 Å². The average molecular weight is 451 g/mol. The highest BCUT2D eigenvalue weighted by Gasteiger charge is 2.35. The van der Waals surface area contributed by atoms with Crippen molar-refractivity contribution < 1.29 is 14.0 Å². The zero-order valence-corrected chi connectivity index (χ0v) is 19.5. The Morgan fingerprint density at radius 1 is 1.18 bits per heavy atom. The summed E-state index contributed by atoms with van der Waals surface area (Å²) in [4.78, 5) is 41.5. The summed E-state index contributed by atoms with van der Waals surface area (Å²) in [5.74, 6) is -0.781. The summed E-state index contributed by atoms with van der Waals surface area (Å²) in [6, 6.07) is 13.0. The van der Waals surface area contributed by atoms with Crippen LogP contribution in [0.1, 0.15) is 31.7 Å². The fourth-order valence-corrected chi connectivity index (χ4v) is 4.08. The first kappa shape index (κ1) is 22.8. The fourth-order valence-electron chi connectivity index (χ4n) is 4.08. The van der Waals surface area contributed by atoms with E-state index in [4.69, 9.17) is 4.42 Å². The van der Waals surface area contributed by atoms with Gasteiger partial charge < -0.3 is 19.5 Å². The molecule has 1 N–H and O–H groups in total. The molecule has 2 amide bonds. The number of aromatic nitrogens is 1. The standard InChI is InChI=1S/C25H30N4O4/c1-16(2)17-6-5-7-20(12-17)29-15-18(13-23(29)30)24(31)26-19-8-9-22-21(14-19)28(25(32)33-22)11-10-27(3)4/h5-9,12,14,16,18H,10-11,13,15H2,1-4H3,(H,26,31). The third kappa shape index (κ3) is 4.85. The Kier molecular flexibility index (Phi) is 6.37. The van der Waals surface area contributed by atoms with Crippen molar-refractivity contribution in [3.05, 3.63) is 58.6 Å². The lowest BCUT2D eigenvalue weighted by Crippen LogP contribution is -2.28. The maximum atomic E-state index is 13.0. The molecule has 33 heavy (non-hydrogen) atoms. The zero-order valence-electron chi connectivity index (χ0n) is 19.5. The summed E-state index contributed by atoms with van der Waals surface area (Å²) in [5, 5.41) is 2.91. The van der Waals surface area contributed by atoms with Gasteiger partial charge in [0.1, 0.15) is 0 Å². The SMILES string of the molecule is CC(C)c1cccc(N2CC(C(=O)Nc3ccc4oc(=O)n(CCN(C)C)c4c3)CC2=O)c1. The molecule has 1 aromatic heterocycles. The molecule has 174 valence electrons. The monoisotopic (exact) mass is 450 g/mol. The number of amides is 2. The van der Waals surface area contributed by atoms with Gasteiger partial charge in [-0.25, -0.2) is 4.79 Å². The van der Waals surface area contributed by atoms with E-state index < -0.39 is 11.7 Å². The number of anilines is 2. The number of likely N-dealkylation sites (N-methyl/N-ethyl adjacent to an activating group) is 1. The van der Waals surface area contributed by atoms with Crippen LogP contribution in [0.5, 0.6) is 0 Å². The summed E-state index contributed by atoms with van der Waals surface area (Å²) in [6.07, 6.45) is 0.166. The molecular weight excluding hydrogens is 420 g/mol. The second-order valence-corrected chi connectivity index (χ2v) is 9.15. The molecule has 0 saturated carbocycles. The quantitative estimate of drug-likeness (QED) is 0.597. The fraction of sp³-hybridized carbons (Fsp3) is 0.400. The van der Waals surface area contributed by atoms with Gasteiger partial charge in [0.15, 0.2) is 5.58 Å². The Labute approximate surface area is 192 Å².